The Morgan fingerprint density at radius 3 is 2.39 bits per heavy atom. The zero-order valence-electron chi connectivity index (χ0n) is 11.7. The molecule has 2 unspecified atom stereocenters. The van der Waals surface area contributed by atoms with E-state index in [1.54, 1.807) is 7.05 Å². The first-order valence-corrected chi connectivity index (χ1v) is 6.75. The fraction of sp³-hybridized carbons (Fsp3) is 0.846. The second kappa shape index (κ2) is 6.73. The van der Waals surface area contributed by atoms with E-state index in [9.17, 15) is 9.59 Å². The van der Waals surface area contributed by atoms with Crippen LogP contribution < -0.4 is 5.73 Å². The monoisotopic (exact) mass is 255 g/mol. The summed E-state index contributed by atoms with van der Waals surface area (Å²) in [7, 11) is 1.65. The van der Waals surface area contributed by atoms with E-state index in [4.69, 9.17) is 5.73 Å². The number of carbonyl (C=O) groups is 2. The average Bonchev–Trinajstić information content (AvgIpc) is 2.89. The van der Waals surface area contributed by atoms with E-state index in [2.05, 4.69) is 0 Å². The Morgan fingerprint density at radius 2 is 1.89 bits per heavy atom. The van der Waals surface area contributed by atoms with Gasteiger partial charge >= 0.3 is 0 Å². The van der Waals surface area contributed by atoms with Gasteiger partial charge < -0.3 is 15.5 Å². The summed E-state index contributed by atoms with van der Waals surface area (Å²) in [6.07, 6.45) is 2.99. The van der Waals surface area contributed by atoms with Crippen LogP contribution in [-0.2, 0) is 9.59 Å². The maximum atomic E-state index is 12.0. The number of rotatable bonds is 5. The summed E-state index contributed by atoms with van der Waals surface area (Å²) in [5, 5.41) is 0. The molecule has 1 aliphatic rings. The molecule has 1 heterocycles. The lowest BCUT2D eigenvalue weighted by atomic mass is 9.99. The number of carbonyl (C=O) groups excluding carboxylic acids is 2. The number of hydrogen-bond donors (Lipinski definition) is 1. The van der Waals surface area contributed by atoms with E-state index >= 15 is 0 Å². The molecule has 0 aromatic rings. The SMILES string of the molecule is CCC(C)C(N)C(=O)N(C)CC(=O)N1CCCC1. The van der Waals surface area contributed by atoms with Crippen LogP contribution in [0, 0.1) is 5.92 Å². The number of nitrogens with zero attached hydrogens (tertiary/aromatic N) is 2. The molecule has 2 N–H and O–H groups in total. The summed E-state index contributed by atoms with van der Waals surface area (Å²) in [5.74, 6) is 0.0263. The van der Waals surface area contributed by atoms with E-state index < -0.39 is 6.04 Å². The van der Waals surface area contributed by atoms with Crippen LogP contribution in [0.2, 0.25) is 0 Å². The Hall–Kier alpha value is -1.10. The third-order valence-corrected chi connectivity index (χ3v) is 3.75. The molecule has 0 spiro atoms. The second-order valence-corrected chi connectivity index (χ2v) is 5.19. The van der Waals surface area contributed by atoms with Crippen molar-refractivity contribution in [1.82, 2.24) is 9.80 Å². The van der Waals surface area contributed by atoms with Crippen LogP contribution in [0.1, 0.15) is 33.1 Å². The van der Waals surface area contributed by atoms with E-state index in [0.29, 0.717) is 0 Å². The van der Waals surface area contributed by atoms with Crippen molar-refractivity contribution in [3.63, 3.8) is 0 Å². The van der Waals surface area contributed by atoms with Crippen LogP contribution in [-0.4, -0.2) is 54.3 Å². The van der Waals surface area contributed by atoms with Gasteiger partial charge in [-0.1, -0.05) is 20.3 Å². The van der Waals surface area contributed by atoms with E-state index in [1.807, 2.05) is 18.7 Å². The Kier molecular flexibility index (Phi) is 5.59. The van der Waals surface area contributed by atoms with Crippen molar-refractivity contribution in [3.8, 4) is 0 Å². The Bertz CT molecular complexity index is 301. The highest BCUT2D eigenvalue weighted by atomic mass is 16.2. The molecule has 104 valence electrons. The van der Waals surface area contributed by atoms with Crippen molar-refractivity contribution in [1.29, 1.82) is 0 Å². The smallest absolute Gasteiger partial charge is 0.242 e. The van der Waals surface area contributed by atoms with E-state index in [-0.39, 0.29) is 24.3 Å². The molecule has 1 fully saturated rings. The summed E-state index contributed by atoms with van der Waals surface area (Å²) in [6.45, 7) is 5.74. The molecule has 5 heteroatoms. The number of likely N-dealkylation sites (N-methyl/N-ethyl adjacent to an activating group) is 1. The van der Waals surface area contributed by atoms with Gasteiger partial charge in [-0.25, -0.2) is 0 Å². The second-order valence-electron chi connectivity index (χ2n) is 5.19. The van der Waals surface area contributed by atoms with Crippen LogP contribution >= 0.6 is 0 Å². The minimum atomic E-state index is -0.508. The van der Waals surface area contributed by atoms with Crippen LogP contribution in [0.5, 0.6) is 0 Å². The number of likely N-dealkylation sites (tertiary alicyclic amines) is 1. The first-order chi connectivity index (χ1) is 8.47. The molecule has 1 rings (SSSR count). The summed E-state index contributed by atoms with van der Waals surface area (Å²) in [4.78, 5) is 27.2. The highest BCUT2D eigenvalue weighted by Crippen LogP contribution is 2.10. The van der Waals surface area contributed by atoms with Crippen LogP contribution in [0.3, 0.4) is 0 Å². The van der Waals surface area contributed by atoms with Crippen molar-refractivity contribution in [2.45, 2.75) is 39.2 Å². The lowest BCUT2D eigenvalue weighted by Gasteiger charge is -2.26. The predicted octanol–water partition coefficient (Wildman–Crippen LogP) is 0.441. The van der Waals surface area contributed by atoms with Crippen LogP contribution in [0.15, 0.2) is 0 Å². The first kappa shape index (κ1) is 15.0. The summed E-state index contributed by atoms with van der Waals surface area (Å²) in [6, 6.07) is -0.508. The van der Waals surface area contributed by atoms with Crippen LogP contribution in [0.25, 0.3) is 0 Å². The molecule has 5 nitrogen and oxygen atoms in total. The van der Waals surface area contributed by atoms with Crippen molar-refractivity contribution in [2.75, 3.05) is 26.7 Å². The molecule has 0 aromatic heterocycles. The van der Waals surface area contributed by atoms with Crippen molar-refractivity contribution < 1.29 is 9.59 Å². The molecule has 1 saturated heterocycles. The molecule has 0 radical (unpaired) electrons. The minimum Gasteiger partial charge on any atom is -0.341 e. The highest BCUT2D eigenvalue weighted by molar-refractivity contribution is 5.87. The topological polar surface area (TPSA) is 66.6 Å². The summed E-state index contributed by atoms with van der Waals surface area (Å²) in [5.41, 5.74) is 5.89. The number of hydrogen-bond acceptors (Lipinski definition) is 3. The third kappa shape index (κ3) is 3.70. The average molecular weight is 255 g/mol. The third-order valence-electron chi connectivity index (χ3n) is 3.75. The minimum absolute atomic E-state index is 0.0275. The van der Waals surface area contributed by atoms with Crippen molar-refractivity contribution >= 4 is 11.8 Å². The normalized spacial score (nSPS) is 18.6. The zero-order chi connectivity index (χ0) is 13.7. The molecule has 0 bridgehead atoms. The predicted molar refractivity (Wildman–Crippen MR) is 70.9 cm³/mol. The first-order valence-electron chi connectivity index (χ1n) is 6.75. The molecule has 18 heavy (non-hydrogen) atoms. The van der Waals surface area contributed by atoms with Gasteiger partial charge in [-0.2, -0.15) is 0 Å². The molecule has 2 amide bonds. The van der Waals surface area contributed by atoms with Gasteiger partial charge in [0.05, 0.1) is 12.6 Å². The Balaban J connectivity index is 2.46. The van der Waals surface area contributed by atoms with Crippen molar-refractivity contribution in [3.05, 3.63) is 0 Å². The maximum absolute atomic E-state index is 12.0. The van der Waals surface area contributed by atoms with Gasteiger partial charge in [-0.05, 0) is 18.8 Å². The Morgan fingerprint density at radius 1 is 1.33 bits per heavy atom. The van der Waals surface area contributed by atoms with Crippen molar-refractivity contribution in [2.24, 2.45) is 11.7 Å². The van der Waals surface area contributed by atoms with Gasteiger partial charge in [0.25, 0.3) is 0 Å². The summed E-state index contributed by atoms with van der Waals surface area (Å²) >= 11 is 0. The molecule has 0 saturated carbocycles. The van der Waals surface area contributed by atoms with Gasteiger partial charge in [-0.15, -0.1) is 0 Å². The number of nitrogens with two attached hydrogens (primary N) is 1. The number of amides is 2. The van der Waals surface area contributed by atoms with E-state index in [1.165, 1.54) is 4.90 Å². The molecular weight excluding hydrogens is 230 g/mol. The molecule has 0 aliphatic carbocycles. The lowest BCUT2D eigenvalue weighted by molar-refractivity contribution is -0.140. The van der Waals surface area contributed by atoms with Crippen LogP contribution in [0.4, 0.5) is 0 Å². The molecule has 1 aliphatic heterocycles. The highest BCUT2D eigenvalue weighted by Gasteiger charge is 2.26. The van der Waals surface area contributed by atoms with Gasteiger partial charge in [0.15, 0.2) is 0 Å². The van der Waals surface area contributed by atoms with Gasteiger partial charge in [0, 0.05) is 20.1 Å². The molecule has 0 aromatic carbocycles. The van der Waals surface area contributed by atoms with Gasteiger partial charge in [0.2, 0.25) is 11.8 Å². The fourth-order valence-electron chi connectivity index (χ4n) is 2.10. The molecular formula is C13H25N3O2. The largest absolute Gasteiger partial charge is 0.341 e. The zero-order valence-corrected chi connectivity index (χ0v) is 11.7. The lowest BCUT2D eigenvalue weighted by Crippen LogP contribution is -2.48. The standard InChI is InChI=1S/C13H25N3O2/c1-4-10(2)12(14)13(18)15(3)9-11(17)16-7-5-6-8-16/h10,12H,4-9,14H2,1-3H3. The van der Waals surface area contributed by atoms with Gasteiger partial charge in [-0.3, -0.25) is 9.59 Å². The van der Waals surface area contributed by atoms with E-state index in [0.717, 1.165) is 32.4 Å². The fourth-order valence-corrected chi connectivity index (χ4v) is 2.10. The quantitative estimate of drug-likeness (QED) is 0.775. The summed E-state index contributed by atoms with van der Waals surface area (Å²) < 4.78 is 0. The molecule has 2 atom stereocenters. The maximum Gasteiger partial charge on any atom is 0.242 e. The van der Waals surface area contributed by atoms with Gasteiger partial charge in [0.1, 0.15) is 0 Å². The Labute approximate surface area is 109 Å².